The van der Waals surface area contributed by atoms with Crippen molar-refractivity contribution in [2.75, 3.05) is 11.9 Å². The number of pyridine rings is 1. The van der Waals surface area contributed by atoms with Crippen LogP contribution in [0, 0.1) is 12.3 Å². The normalized spacial score (nSPS) is 18.0. The van der Waals surface area contributed by atoms with Crippen molar-refractivity contribution in [1.29, 1.82) is 0 Å². The second kappa shape index (κ2) is 6.15. The van der Waals surface area contributed by atoms with Gasteiger partial charge in [0, 0.05) is 12.6 Å². The fourth-order valence-electron chi connectivity index (χ4n) is 2.88. The van der Waals surface area contributed by atoms with Crippen LogP contribution < -0.4 is 11.1 Å². The van der Waals surface area contributed by atoms with E-state index in [0.29, 0.717) is 13.0 Å². The van der Waals surface area contributed by atoms with E-state index in [1.54, 1.807) is 12.4 Å². The highest BCUT2D eigenvalue weighted by Crippen LogP contribution is 2.38. The molecular weight excluding hydrogens is 238 g/mol. The van der Waals surface area contributed by atoms with Crippen molar-refractivity contribution in [3.05, 3.63) is 24.0 Å². The lowest BCUT2D eigenvalue weighted by Crippen LogP contribution is -2.36. The summed E-state index contributed by atoms with van der Waals surface area (Å²) in [7, 11) is 0. The molecule has 0 aliphatic heterocycles. The summed E-state index contributed by atoms with van der Waals surface area (Å²) in [5.74, 6) is 0.0588. The molecule has 1 aliphatic rings. The van der Waals surface area contributed by atoms with Gasteiger partial charge in [-0.1, -0.05) is 19.3 Å². The van der Waals surface area contributed by atoms with Gasteiger partial charge in [-0.05, 0) is 43.4 Å². The molecule has 19 heavy (non-hydrogen) atoms. The van der Waals surface area contributed by atoms with Crippen molar-refractivity contribution in [3.63, 3.8) is 0 Å². The maximum Gasteiger partial charge on any atom is 0.225 e. The topological polar surface area (TPSA) is 68.0 Å². The standard InChI is InChI=1S/C15H23N3O/c1-12-5-8-17-10-13(12)18-14(19)9-15(11-16)6-3-2-4-7-15/h5,8,10H,2-4,6-7,9,11,16H2,1H3,(H,18,19). The third kappa shape index (κ3) is 3.53. The first-order valence-electron chi connectivity index (χ1n) is 7.06. The van der Waals surface area contributed by atoms with Crippen LogP contribution in [0.1, 0.15) is 44.1 Å². The van der Waals surface area contributed by atoms with E-state index < -0.39 is 0 Å². The van der Waals surface area contributed by atoms with E-state index >= 15 is 0 Å². The van der Waals surface area contributed by atoms with Gasteiger partial charge in [0.15, 0.2) is 0 Å². The molecule has 4 heteroatoms. The molecule has 0 bridgehead atoms. The second-order valence-corrected chi connectivity index (χ2v) is 5.68. The SMILES string of the molecule is Cc1ccncc1NC(=O)CC1(CN)CCCCC1. The summed E-state index contributed by atoms with van der Waals surface area (Å²) in [4.78, 5) is 16.2. The van der Waals surface area contributed by atoms with Crippen LogP contribution in [0.3, 0.4) is 0 Å². The van der Waals surface area contributed by atoms with Gasteiger partial charge in [0.05, 0.1) is 11.9 Å². The molecular formula is C15H23N3O. The van der Waals surface area contributed by atoms with E-state index in [4.69, 9.17) is 5.73 Å². The van der Waals surface area contributed by atoms with Gasteiger partial charge in [-0.3, -0.25) is 9.78 Å². The fraction of sp³-hybridized carbons (Fsp3) is 0.600. The van der Waals surface area contributed by atoms with Crippen molar-refractivity contribution in [2.24, 2.45) is 11.1 Å². The number of aryl methyl sites for hydroxylation is 1. The number of carbonyl (C=O) groups is 1. The molecule has 0 atom stereocenters. The van der Waals surface area contributed by atoms with Crippen molar-refractivity contribution in [2.45, 2.75) is 45.4 Å². The highest BCUT2D eigenvalue weighted by atomic mass is 16.1. The number of hydrogen-bond acceptors (Lipinski definition) is 3. The number of hydrogen-bond donors (Lipinski definition) is 2. The number of nitrogens with one attached hydrogen (secondary N) is 1. The minimum atomic E-state index is 0.0123. The Balaban J connectivity index is 1.98. The van der Waals surface area contributed by atoms with Crippen LogP contribution in [0.25, 0.3) is 0 Å². The Morgan fingerprint density at radius 2 is 2.16 bits per heavy atom. The Hall–Kier alpha value is -1.42. The summed E-state index contributed by atoms with van der Waals surface area (Å²) in [6.07, 6.45) is 9.75. The fourth-order valence-corrected chi connectivity index (χ4v) is 2.88. The summed E-state index contributed by atoms with van der Waals surface area (Å²) in [6.45, 7) is 2.57. The van der Waals surface area contributed by atoms with Gasteiger partial charge < -0.3 is 11.1 Å². The molecule has 0 unspecified atom stereocenters. The zero-order valence-corrected chi connectivity index (χ0v) is 11.6. The largest absolute Gasteiger partial charge is 0.330 e. The third-order valence-corrected chi connectivity index (χ3v) is 4.20. The molecule has 0 saturated heterocycles. The van der Waals surface area contributed by atoms with Crippen molar-refractivity contribution in [3.8, 4) is 0 Å². The average molecular weight is 261 g/mol. The molecule has 1 amide bonds. The Kier molecular flexibility index (Phi) is 4.53. The average Bonchev–Trinajstić information content (AvgIpc) is 2.42. The number of aromatic nitrogens is 1. The van der Waals surface area contributed by atoms with E-state index in [9.17, 15) is 4.79 Å². The maximum absolute atomic E-state index is 12.2. The molecule has 1 aromatic rings. The van der Waals surface area contributed by atoms with Crippen LogP contribution in [-0.4, -0.2) is 17.4 Å². The van der Waals surface area contributed by atoms with Gasteiger partial charge in [0.1, 0.15) is 0 Å². The Morgan fingerprint density at radius 3 is 2.79 bits per heavy atom. The quantitative estimate of drug-likeness (QED) is 0.875. The van der Waals surface area contributed by atoms with Crippen LogP contribution in [0.2, 0.25) is 0 Å². The van der Waals surface area contributed by atoms with Crippen LogP contribution in [0.5, 0.6) is 0 Å². The Bertz CT molecular complexity index is 439. The second-order valence-electron chi connectivity index (χ2n) is 5.68. The lowest BCUT2D eigenvalue weighted by molar-refractivity contribution is -0.118. The summed E-state index contributed by atoms with van der Waals surface area (Å²) in [5.41, 5.74) is 7.77. The summed E-state index contributed by atoms with van der Waals surface area (Å²) < 4.78 is 0. The Labute approximate surface area is 114 Å². The van der Waals surface area contributed by atoms with E-state index in [1.807, 2.05) is 13.0 Å². The number of nitrogens with two attached hydrogens (primary N) is 1. The zero-order chi connectivity index (χ0) is 13.7. The summed E-state index contributed by atoms with van der Waals surface area (Å²) in [5, 5.41) is 2.96. The minimum Gasteiger partial charge on any atom is -0.330 e. The highest BCUT2D eigenvalue weighted by molar-refractivity contribution is 5.91. The van der Waals surface area contributed by atoms with Crippen molar-refractivity contribution >= 4 is 11.6 Å². The monoisotopic (exact) mass is 261 g/mol. The van der Waals surface area contributed by atoms with Crippen molar-refractivity contribution in [1.82, 2.24) is 4.98 Å². The molecule has 1 saturated carbocycles. The summed E-state index contributed by atoms with van der Waals surface area (Å²) in [6, 6.07) is 1.90. The first-order valence-corrected chi connectivity index (χ1v) is 7.06. The predicted molar refractivity (Wildman–Crippen MR) is 76.8 cm³/mol. The maximum atomic E-state index is 12.2. The lowest BCUT2D eigenvalue weighted by Gasteiger charge is -2.35. The first-order chi connectivity index (χ1) is 9.15. The lowest BCUT2D eigenvalue weighted by atomic mass is 9.71. The van der Waals surface area contributed by atoms with Crippen LogP contribution in [0.4, 0.5) is 5.69 Å². The Morgan fingerprint density at radius 1 is 1.42 bits per heavy atom. The molecule has 0 spiro atoms. The van der Waals surface area contributed by atoms with Gasteiger partial charge in [-0.2, -0.15) is 0 Å². The molecule has 3 N–H and O–H groups in total. The van der Waals surface area contributed by atoms with Crippen LogP contribution >= 0.6 is 0 Å². The van der Waals surface area contributed by atoms with Crippen LogP contribution in [-0.2, 0) is 4.79 Å². The molecule has 104 valence electrons. The predicted octanol–water partition coefficient (Wildman–Crippen LogP) is 2.63. The van der Waals surface area contributed by atoms with E-state index in [1.165, 1.54) is 19.3 Å². The minimum absolute atomic E-state index is 0.0123. The number of carbonyl (C=O) groups excluding carboxylic acids is 1. The van der Waals surface area contributed by atoms with Gasteiger partial charge >= 0.3 is 0 Å². The molecule has 0 aromatic carbocycles. The molecule has 1 aliphatic carbocycles. The molecule has 1 fully saturated rings. The zero-order valence-electron chi connectivity index (χ0n) is 11.6. The molecule has 1 aromatic heterocycles. The molecule has 4 nitrogen and oxygen atoms in total. The number of amides is 1. The number of anilines is 1. The smallest absolute Gasteiger partial charge is 0.225 e. The van der Waals surface area contributed by atoms with E-state index in [0.717, 1.165) is 24.1 Å². The third-order valence-electron chi connectivity index (χ3n) is 4.20. The van der Waals surface area contributed by atoms with Gasteiger partial charge in [-0.25, -0.2) is 0 Å². The molecule has 1 heterocycles. The molecule has 0 radical (unpaired) electrons. The number of rotatable bonds is 4. The van der Waals surface area contributed by atoms with Gasteiger partial charge in [0.25, 0.3) is 0 Å². The van der Waals surface area contributed by atoms with Gasteiger partial charge in [0.2, 0.25) is 5.91 Å². The highest BCUT2D eigenvalue weighted by Gasteiger charge is 2.32. The summed E-state index contributed by atoms with van der Waals surface area (Å²) >= 11 is 0. The van der Waals surface area contributed by atoms with E-state index in [-0.39, 0.29) is 11.3 Å². The number of nitrogens with zero attached hydrogens (tertiary/aromatic N) is 1. The van der Waals surface area contributed by atoms with E-state index in [2.05, 4.69) is 10.3 Å². The molecule has 2 rings (SSSR count). The first kappa shape index (κ1) is 14.0. The van der Waals surface area contributed by atoms with Gasteiger partial charge in [-0.15, -0.1) is 0 Å². The van der Waals surface area contributed by atoms with Crippen molar-refractivity contribution < 1.29 is 4.79 Å². The van der Waals surface area contributed by atoms with Crippen LogP contribution in [0.15, 0.2) is 18.5 Å².